The van der Waals surface area contributed by atoms with Crippen LogP contribution in [-0.4, -0.2) is 13.0 Å². The number of nitriles is 1. The van der Waals surface area contributed by atoms with E-state index in [0.717, 1.165) is 11.1 Å². The molecule has 1 N–H and O–H groups in total. The molecule has 0 spiro atoms. The van der Waals surface area contributed by atoms with E-state index in [-0.39, 0.29) is 11.4 Å². The van der Waals surface area contributed by atoms with E-state index in [1.165, 1.54) is 31.4 Å². The van der Waals surface area contributed by atoms with Crippen molar-refractivity contribution in [2.75, 3.05) is 12.4 Å². The highest BCUT2D eigenvalue weighted by molar-refractivity contribution is 6.42. The van der Waals surface area contributed by atoms with Gasteiger partial charge in [-0.1, -0.05) is 47.5 Å². The third-order valence-electron chi connectivity index (χ3n) is 4.45. The number of carbonyl (C=O) groups is 1. The highest BCUT2D eigenvalue weighted by Crippen LogP contribution is 2.26. The van der Waals surface area contributed by atoms with Gasteiger partial charge in [0.15, 0.2) is 0 Å². The Kier molecular flexibility index (Phi) is 7.30. The predicted octanol–water partition coefficient (Wildman–Crippen LogP) is 6.28. The average molecular weight is 455 g/mol. The van der Waals surface area contributed by atoms with Gasteiger partial charge in [0, 0.05) is 12.1 Å². The maximum Gasteiger partial charge on any atom is 0.266 e. The summed E-state index contributed by atoms with van der Waals surface area (Å²) in [6, 6.07) is 18.2. The number of nitrogens with zero attached hydrogens (tertiary/aromatic N) is 1. The Morgan fingerprint density at radius 3 is 2.61 bits per heavy atom. The number of ether oxygens (including phenoxy) is 1. The van der Waals surface area contributed by atoms with Crippen LogP contribution in [-0.2, 0) is 11.2 Å². The topological polar surface area (TPSA) is 62.1 Å². The van der Waals surface area contributed by atoms with Gasteiger partial charge in [0.1, 0.15) is 23.2 Å². The first-order valence-electron chi connectivity index (χ1n) is 9.19. The summed E-state index contributed by atoms with van der Waals surface area (Å²) in [6.07, 6.45) is 1.94. The molecular weight excluding hydrogens is 438 g/mol. The maximum absolute atomic E-state index is 13.5. The number of amides is 1. The van der Waals surface area contributed by atoms with Crippen LogP contribution in [0.1, 0.15) is 16.7 Å². The van der Waals surface area contributed by atoms with Gasteiger partial charge in [-0.05, 0) is 59.2 Å². The van der Waals surface area contributed by atoms with Crippen LogP contribution >= 0.6 is 23.2 Å². The van der Waals surface area contributed by atoms with Gasteiger partial charge < -0.3 is 10.1 Å². The minimum atomic E-state index is -0.580. The number of hydrogen-bond donors (Lipinski definition) is 1. The molecule has 0 saturated carbocycles. The average Bonchev–Trinajstić information content (AvgIpc) is 2.75. The monoisotopic (exact) mass is 454 g/mol. The molecule has 0 aliphatic heterocycles. The van der Waals surface area contributed by atoms with E-state index in [2.05, 4.69) is 5.32 Å². The van der Waals surface area contributed by atoms with Gasteiger partial charge in [-0.3, -0.25) is 4.79 Å². The molecule has 3 aromatic rings. The smallest absolute Gasteiger partial charge is 0.266 e. The van der Waals surface area contributed by atoms with E-state index < -0.39 is 5.91 Å². The number of halogens is 3. The molecule has 0 atom stereocenters. The molecule has 0 bridgehead atoms. The molecule has 0 fully saturated rings. The fourth-order valence-corrected chi connectivity index (χ4v) is 3.25. The number of rotatable bonds is 6. The summed E-state index contributed by atoms with van der Waals surface area (Å²) in [5.41, 5.74) is 2.60. The van der Waals surface area contributed by atoms with Gasteiger partial charge in [-0.2, -0.15) is 5.26 Å². The van der Waals surface area contributed by atoms with Crippen LogP contribution in [0, 0.1) is 17.1 Å². The van der Waals surface area contributed by atoms with E-state index in [1.54, 1.807) is 30.3 Å². The zero-order chi connectivity index (χ0) is 22.4. The van der Waals surface area contributed by atoms with Crippen molar-refractivity contribution in [2.45, 2.75) is 6.42 Å². The first-order chi connectivity index (χ1) is 14.9. The van der Waals surface area contributed by atoms with Crippen molar-refractivity contribution in [3.8, 4) is 11.8 Å². The van der Waals surface area contributed by atoms with Crippen molar-refractivity contribution in [1.82, 2.24) is 0 Å². The molecule has 0 aliphatic carbocycles. The fourth-order valence-electron chi connectivity index (χ4n) is 2.95. The lowest BCUT2D eigenvalue weighted by molar-refractivity contribution is -0.112. The van der Waals surface area contributed by atoms with Gasteiger partial charge in [0.2, 0.25) is 0 Å². The van der Waals surface area contributed by atoms with Crippen molar-refractivity contribution >= 4 is 40.9 Å². The Morgan fingerprint density at radius 2 is 1.94 bits per heavy atom. The van der Waals surface area contributed by atoms with Gasteiger partial charge in [-0.25, -0.2) is 4.39 Å². The van der Waals surface area contributed by atoms with E-state index in [4.69, 9.17) is 27.9 Å². The third-order valence-corrected chi connectivity index (χ3v) is 5.19. The van der Waals surface area contributed by atoms with Gasteiger partial charge >= 0.3 is 0 Å². The molecule has 0 unspecified atom stereocenters. The first kappa shape index (κ1) is 22.4. The van der Waals surface area contributed by atoms with E-state index in [9.17, 15) is 14.4 Å². The number of nitrogens with one attached hydrogen (secondary N) is 1. The summed E-state index contributed by atoms with van der Waals surface area (Å²) in [4.78, 5) is 12.5. The molecule has 1 amide bonds. The standard InChI is InChI=1S/C24H17Cl2FN2O2/c1-31-23-12-16(5-6-17(23)9-15-3-2-4-19(27)11-15)10-18(14-28)24(30)29-20-7-8-21(25)22(26)13-20/h2-8,10-13H,9H2,1H3,(H,29,30)/b18-10+. The molecule has 0 heterocycles. The second-order valence-corrected chi connectivity index (χ2v) is 7.45. The largest absolute Gasteiger partial charge is 0.496 e. The van der Waals surface area contributed by atoms with Crippen LogP contribution < -0.4 is 10.1 Å². The molecule has 156 valence electrons. The number of methoxy groups -OCH3 is 1. The van der Waals surface area contributed by atoms with Crippen LogP contribution in [0.5, 0.6) is 5.75 Å². The molecule has 0 aromatic heterocycles. The minimum Gasteiger partial charge on any atom is -0.496 e. The van der Waals surface area contributed by atoms with Crippen LogP contribution in [0.4, 0.5) is 10.1 Å². The second-order valence-electron chi connectivity index (χ2n) is 6.63. The summed E-state index contributed by atoms with van der Waals surface area (Å²) in [5, 5.41) is 12.7. The van der Waals surface area contributed by atoms with Crippen molar-refractivity contribution in [1.29, 1.82) is 5.26 Å². The highest BCUT2D eigenvalue weighted by Gasteiger charge is 2.12. The molecule has 0 aliphatic rings. The molecule has 3 aromatic carbocycles. The summed E-state index contributed by atoms with van der Waals surface area (Å²) >= 11 is 11.8. The molecule has 7 heteroatoms. The SMILES string of the molecule is COc1cc(/C=C(\C#N)C(=O)Nc2ccc(Cl)c(Cl)c2)ccc1Cc1cccc(F)c1. The molecule has 0 saturated heterocycles. The molecular formula is C24H17Cl2FN2O2. The zero-order valence-corrected chi connectivity index (χ0v) is 18.0. The van der Waals surface area contributed by atoms with Crippen LogP contribution in [0.25, 0.3) is 6.08 Å². The minimum absolute atomic E-state index is 0.0917. The maximum atomic E-state index is 13.5. The lowest BCUT2D eigenvalue weighted by atomic mass is 10.0. The van der Waals surface area contributed by atoms with Crippen LogP contribution in [0.15, 0.2) is 66.2 Å². The Balaban J connectivity index is 1.82. The summed E-state index contributed by atoms with van der Waals surface area (Å²) in [7, 11) is 1.53. The second kappa shape index (κ2) is 10.1. The van der Waals surface area contributed by atoms with Crippen molar-refractivity contribution < 1.29 is 13.9 Å². The first-order valence-corrected chi connectivity index (χ1v) is 9.94. The number of carbonyl (C=O) groups excluding carboxylic acids is 1. The predicted molar refractivity (Wildman–Crippen MR) is 121 cm³/mol. The number of anilines is 1. The van der Waals surface area contributed by atoms with Crippen molar-refractivity contribution in [3.63, 3.8) is 0 Å². The molecule has 0 radical (unpaired) electrons. The zero-order valence-electron chi connectivity index (χ0n) is 16.5. The number of hydrogen-bond acceptors (Lipinski definition) is 3. The molecule has 3 rings (SSSR count). The van der Waals surface area contributed by atoms with E-state index in [0.29, 0.717) is 33.5 Å². The van der Waals surface area contributed by atoms with E-state index in [1.807, 2.05) is 18.2 Å². The van der Waals surface area contributed by atoms with Crippen LogP contribution in [0.2, 0.25) is 10.0 Å². The summed E-state index contributed by atoms with van der Waals surface area (Å²) < 4.78 is 18.9. The Bertz CT molecular complexity index is 1200. The Labute approximate surface area is 189 Å². The number of benzene rings is 3. The normalized spacial score (nSPS) is 11.0. The van der Waals surface area contributed by atoms with Gasteiger partial charge in [0.05, 0.1) is 17.2 Å². The Morgan fingerprint density at radius 1 is 1.13 bits per heavy atom. The molecule has 4 nitrogen and oxygen atoms in total. The van der Waals surface area contributed by atoms with Crippen LogP contribution in [0.3, 0.4) is 0 Å². The third kappa shape index (κ3) is 5.85. The summed E-state index contributed by atoms with van der Waals surface area (Å²) in [6.45, 7) is 0. The lowest BCUT2D eigenvalue weighted by Crippen LogP contribution is -2.13. The molecule has 31 heavy (non-hydrogen) atoms. The van der Waals surface area contributed by atoms with Crippen molar-refractivity contribution in [3.05, 3.63) is 98.8 Å². The lowest BCUT2D eigenvalue weighted by Gasteiger charge is -2.10. The Hall–Kier alpha value is -3.33. The van der Waals surface area contributed by atoms with Gasteiger partial charge in [0.25, 0.3) is 5.91 Å². The quantitative estimate of drug-likeness (QED) is 0.352. The van der Waals surface area contributed by atoms with Crippen molar-refractivity contribution in [2.24, 2.45) is 0 Å². The van der Waals surface area contributed by atoms with Gasteiger partial charge in [-0.15, -0.1) is 0 Å². The summed E-state index contributed by atoms with van der Waals surface area (Å²) in [5.74, 6) is -0.313. The highest BCUT2D eigenvalue weighted by atomic mass is 35.5. The van der Waals surface area contributed by atoms with E-state index >= 15 is 0 Å². The fraction of sp³-hybridized carbons (Fsp3) is 0.0833.